The Morgan fingerprint density at radius 2 is 2.25 bits per heavy atom. The van der Waals surface area contributed by atoms with Gasteiger partial charge in [-0.05, 0) is 36.9 Å². The number of amides is 1. The van der Waals surface area contributed by atoms with E-state index in [9.17, 15) is 9.59 Å². The van der Waals surface area contributed by atoms with E-state index in [1.54, 1.807) is 0 Å². The molecule has 130 valence electrons. The summed E-state index contributed by atoms with van der Waals surface area (Å²) in [6.07, 6.45) is 2.45. The fourth-order valence-electron chi connectivity index (χ4n) is 2.48. The summed E-state index contributed by atoms with van der Waals surface area (Å²) in [4.78, 5) is 28.5. The molecule has 0 aromatic carbocycles. The molecule has 1 aliphatic rings. The summed E-state index contributed by atoms with van der Waals surface area (Å²) in [6.45, 7) is 2.86. The van der Waals surface area contributed by atoms with Crippen LogP contribution in [0.4, 0.5) is 10.5 Å². The second-order valence-corrected chi connectivity index (χ2v) is 6.43. The average Bonchev–Trinajstić information content (AvgIpc) is 2.89. The van der Waals surface area contributed by atoms with Crippen molar-refractivity contribution in [2.45, 2.75) is 32.2 Å². The number of nitrogens with zero attached hydrogens (tertiary/aromatic N) is 1. The van der Waals surface area contributed by atoms with Gasteiger partial charge in [-0.1, -0.05) is 6.92 Å². The molecule has 0 bridgehead atoms. The number of carbonyl (C=O) groups is 2. The van der Waals surface area contributed by atoms with E-state index in [2.05, 4.69) is 15.6 Å². The molecule has 1 aromatic rings. The summed E-state index contributed by atoms with van der Waals surface area (Å²) in [5.74, 6) is 0.454. The zero-order chi connectivity index (χ0) is 17.5. The molecule has 2 rings (SSSR count). The molecule has 1 atom stereocenters. The lowest BCUT2D eigenvalue weighted by Gasteiger charge is -2.17. The standard InChI is InChI=1S/C16H22N4O3S/c1-2-11(18-5-3-6-19-16(22)23)15(21)10-8-13-12(4-7-24-13)20-14(17)9-10/h4,7-8,11,18-19H,2-3,5-6,9H2,1H3,(H2,17,20)(H,22,23). The number of carbonyl (C=O) groups excluding carboxylic acids is 1. The quantitative estimate of drug-likeness (QED) is 0.536. The molecule has 2 heterocycles. The highest BCUT2D eigenvalue weighted by molar-refractivity contribution is 7.11. The van der Waals surface area contributed by atoms with Crippen LogP contribution in [0, 0.1) is 0 Å². The number of hydrogen-bond acceptors (Lipinski definition) is 6. The third kappa shape index (κ3) is 4.90. The van der Waals surface area contributed by atoms with Crippen molar-refractivity contribution in [1.29, 1.82) is 0 Å². The first kappa shape index (κ1) is 18.2. The number of hydrogen-bond donors (Lipinski definition) is 4. The number of thiophene rings is 1. The lowest BCUT2D eigenvalue weighted by atomic mass is 9.98. The van der Waals surface area contributed by atoms with Crippen molar-refractivity contribution in [2.24, 2.45) is 10.7 Å². The van der Waals surface area contributed by atoms with E-state index in [1.165, 1.54) is 11.3 Å². The van der Waals surface area contributed by atoms with Gasteiger partial charge in [0.25, 0.3) is 0 Å². The van der Waals surface area contributed by atoms with Crippen LogP contribution < -0.4 is 16.4 Å². The zero-order valence-electron chi connectivity index (χ0n) is 13.5. The van der Waals surface area contributed by atoms with Crippen LogP contribution in [0.1, 0.15) is 31.1 Å². The average molecular weight is 350 g/mol. The van der Waals surface area contributed by atoms with Gasteiger partial charge < -0.3 is 21.5 Å². The summed E-state index contributed by atoms with van der Waals surface area (Å²) < 4.78 is 0. The van der Waals surface area contributed by atoms with Gasteiger partial charge in [0.05, 0.1) is 16.6 Å². The number of nitrogens with one attached hydrogen (secondary N) is 2. The monoisotopic (exact) mass is 350 g/mol. The fourth-order valence-corrected chi connectivity index (χ4v) is 3.27. The SMILES string of the molecule is CCC(NCCCNC(=O)O)C(=O)C1=Cc2sccc2N=C(N)C1. The highest BCUT2D eigenvalue weighted by atomic mass is 32.1. The maximum absolute atomic E-state index is 12.8. The van der Waals surface area contributed by atoms with E-state index in [1.807, 2.05) is 24.4 Å². The zero-order valence-corrected chi connectivity index (χ0v) is 14.4. The second-order valence-electron chi connectivity index (χ2n) is 5.48. The Kier molecular flexibility index (Phi) is 6.51. The molecule has 0 aliphatic carbocycles. The molecule has 1 amide bonds. The van der Waals surface area contributed by atoms with E-state index in [-0.39, 0.29) is 11.8 Å². The van der Waals surface area contributed by atoms with E-state index in [0.717, 1.165) is 10.6 Å². The van der Waals surface area contributed by atoms with Crippen LogP contribution in [-0.4, -0.2) is 41.9 Å². The number of fused-ring (bicyclic) bond motifs is 1. The van der Waals surface area contributed by atoms with Crippen molar-refractivity contribution >= 4 is 40.8 Å². The van der Waals surface area contributed by atoms with Crippen LogP contribution in [0.2, 0.25) is 0 Å². The first-order valence-corrected chi connectivity index (χ1v) is 8.74. The first-order chi connectivity index (χ1) is 11.5. The van der Waals surface area contributed by atoms with E-state index in [0.29, 0.717) is 43.8 Å². The summed E-state index contributed by atoms with van der Waals surface area (Å²) in [5, 5.41) is 15.9. The highest BCUT2D eigenvalue weighted by Gasteiger charge is 2.23. The minimum Gasteiger partial charge on any atom is -0.465 e. The Bertz CT molecular complexity index is 666. The van der Waals surface area contributed by atoms with Gasteiger partial charge in [-0.3, -0.25) is 4.79 Å². The van der Waals surface area contributed by atoms with Crippen LogP contribution in [0.3, 0.4) is 0 Å². The molecule has 24 heavy (non-hydrogen) atoms. The highest BCUT2D eigenvalue weighted by Crippen LogP contribution is 2.31. The number of aliphatic imine (C=N–C) groups is 1. The van der Waals surface area contributed by atoms with Gasteiger partial charge in [-0.25, -0.2) is 9.79 Å². The number of rotatable bonds is 8. The molecular formula is C16H22N4O3S. The number of Topliss-reactive ketones (excluding diaryl/α,β-unsaturated/α-hetero) is 1. The number of ketones is 1. The molecule has 8 heteroatoms. The van der Waals surface area contributed by atoms with Crippen LogP contribution >= 0.6 is 11.3 Å². The van der Waals surface area contributed by atoms with E-state index < -0.39 is 6.09 Å². The van der Waals surface area contributed by atoms with Crippen molar-refractivity contribution < 1.29 is 14.7 Å². The summed E-state index contributed by atoms with van der Waals surface area (Å²) in [5.41, 5.74) is 7.38. The Morgan fingerprint density at radius 1 is 1.46 bits per heavy atom. The van der Waals surface area contributed by atoms with Crippen molar-refractivity contribution in [2.75, 3.05) is 13.1 Å². The minimum atomic E-state index is -1.04. The molecular weight excluding hydrogens is 328 g/mol. The van der Waals surface area contributed by atoms with Gasteiger partial charge in [-0.2, -0.15) is 0 Å². The van der Waals surface area contributed by atoms with Crippen molar-refractivity contribution in [3.63, 3.8) is 0 Å². The van der Waals surface area contributed by atoms with E-state index in [4.69, 9.17) is 10.8 Å². The number of carboxylic acid groups (broad SMARTS) is 1. The second kappa shape index (κ2) is 8.60. The Morgan fingerprint density at radius 3 is 2.96 bits per heavy atom. The van der Waals surface area contributed by atoms with Crippen molar-refractivity contribution in [3.05, 3.63) is 21.9 Å². The predicted octanol–water partition coefficient (Wildman–Crippen LogP) is 2.12. The third-order valence-electron chi connectivity index (χ3n) is 3.68. The first-order valence-electron chi connectivity index (χ1n) is 7.86. The van der Waals surface area contributed by atoms with Gasteiger partial charge in [0.1, 0.15) is 5.84 Å². The minimum absolute atomic E-state index is 0.0168. The fraction of sp³-hybridized carbons (Fsp3) is 0.438. The lowest BCUT2D eigenvalue weighted by molar-refractivity contribution is -0.117. The van der Waals surface area contributed by atoms with Crippen LogP contribution in [0.5, 0.6) is 0 Å². The molecule has 0 saturated carbocycles. The third-order valence-corrected chi connectivity index (χ3v) is 4.53. The predicted molar refractivity (Wildman–Crippen MR) is 95.9 cm³/mol. The molecule has 0 radical (unpaired) electrons. The molecule has 1 aromatic heterocycles. The van der Waals surface area contributed by atoms with Gasteiger partial charge in [0.15, 0.2) is 5.78 Å². The van der Waals surface area contributed by atoms with Crippen molar-refractivity contribution in [3.8, 4) is 0 Å². The smallest absolute Gasteiger partial charge is 0.404 e. The molecule has 0 fully saturated rings. The van der Waals surface area contributed by atoms with Gasteiger partial charge in [0.2, 0.25) is 0 Å². The van der Waals surface area contributed by atoms with E-state index >= 15 is 0 Å². The van der Waals surface area contributed by atoms with Crippen LogP contribution in [0.25, 0.3) is 6.08 Å². The Labute approximate surface area is 144 Å². The van der Waals surface area contributed by atoms with Gasteiger partial charge >= 0.3 is 6.09 Å². The van der Waals surface area contributed by atoms with Crippen molar-refractivity contribution in [1.82, 2.24) is 10.6 Å². The van der Waals surface area contributed by atoms with Crippen LogP contribution in [0.15, 0.2) is 22.0 Å². The molecule has 5 N–H and O–H groups in total. The number of nitrogens with two attached hydrogens (primary N) is 1. The van der Waals surface area contributed by atoms with Crippen LogP contribution in [-0.2, 0) is 4.79 Å². The molecule has 7 nitrogen and oxygen atoms in total. The lowest BCUT2D eigenvalue weighted by Crippen LogP contribution is -2.39. The van der Waals surface area contributed by atoms with Gasteiger partial charge in [0, 0.05) is 18.5 Å². The molecule has 1 aliphatic heterocycles. The maximum Gasteiger partial charge on any atom is 0.404 e. The van der Waals surface area contributed by atoms with Gasteiger partial charge in [-0.15, -0.1) is 11.3 Å². The maximum atomic E-state index is 12.8. The summed E-state index contributed by atoms with van der Waals surface area (Å²) >= 11 is 1.53. The largest absolute Gasteiger partial charge is 0.465 e. The Hall–Kier alpha value is -2.19. The summed E-state index contributed by atoms with van der Waals surface area (Å²) in [7, 11) is 0. The molecule has 0 spiro atoms. The summed E-state index contributed by atoms with van der Waals surface area (Å²) in [6, 6.07) is 1.58. The normalized spacial score (nSPS) is 14.9. The molecule has 0 saturated heterocycles. The molecule has 1 unspecified atom stereocenters. The number of amidine groups is 1. The Balaban J connectivity index is 1.98. The topological polar surface area (TPSA) is 117 Å².